The lowest BCUT2D eigenvalue weighted by Crippen LogP contribution is -2.15. The predicted molar refractivity (Wildman–Crippen MR) is 91.8 cm³/mol. The summed E-state index contributed by atoms with van der Waals surface area (Å²) >= 11 is 1.33. The third-order valence-electron chi connectivity index (χ3n) is 3.32. The Morgan fingerprint density at radius 2 is 2.17 bits per heavy atom. The second-order valence-electron chi connectivity index (χ2n) is 4.85. The molecular weight excluding hydrogens is 348 g/mol. The van der Waals surface area contributed by atoms with Crippen LogP contribution in [0, 0.1) is 0 Å². The molecule has 0 aliphatic carbocycles. The summed E-state index contributed by atoms with van der Waals surface area (Å²) in [5.41, 5.74) is 0.427. The molecular formula is C16H14N2O4S2. The van der Waals surface area contributed by atoms with Gasteiger partial charge in [-0.1, -0.05) is 19.1 Å². The maximum atomic E-state index is 12.3. The van der Waals surface area contributed by atoms with Crippen LogP contribution in [0.2, 0.25) is 0 Å². The fourth-order valence-corrected chi connectivity index (χ4v) is 3.84. The van der Waals surface area contributed by atoms with Gasteiger partial charge in [0.15, 0.2) is 4.96 Å². The first-order valence-corrected chi connectivity index (χ1v) is 9.40. The molecule has 0 aliphatic heterocycles. The van der Waals surface area contributed by atoms with E-state index < -0.39 is 16.8 Å². The Balaban J connectivity index is 1.80. The molecule has 0 aliphatic rings. The van der Waals surface area contributed by atoms with Gasteiger partial charge >= 0.3 is 5.97 Å². The van der Waals surface area contributed by atoms with Gasteiger partial charge in [-0.05, 0) is 12.1 Å². The monoisotopic (exact) mass is 362 g/mol. The van der Waals surface area contributed by atoms with Gasteiger partial charge in [-0.3, -0.25) is 13.4 Å². The summed E-state index contributed by atoms with van der Waals surface area (Å²) in [4.78, 5) is 29.5. The molecule has 2 heterocycles. The van der Waals surface area contributed by atoms with Gasteiger partial charge in [0.2, 0.25) is 0 Å². The van der Waals surface area contributed by atoms with E-state index in [1.54, 1.807) is 42.8 Å². The van der Waals surface area contributed by atoms with Crippen LogP contribution in [0.25, 0.3) is 4.96 Å². The molecule has 0 spiro atoms. The van der Waals surface area contributed by atoms with Crippen LogP contribution in [0.4, 0.5) is 0 Å². The lowest BCUT2D eigenvalue weighted by Gasteiger charge is -2.08. The fraction of sp³-hybridized carbons (Fsp3) is 0.188. The number of hydrogen-bond donors (Lipinski definition) is 0. The number of benzene rings is 1. The van der Waals surface area contributed by atoms with E-state index in [9.17, 15) is 13.8 Å². The topological polar surface area (TPSA) is 77.7 Å². The Morgan fingerprint density at radius 1 is 1.38 bits per heavy atom. The van der Waals surface area contributed by atoms with Crippen molar-refractivity contribution in [3.05, 3.63) is 63.5 Å². The number of ether oxygens (including phenoxy) is 1. The van der Waals surface area contributed by atoms with Gasteiger partial charge in [-0.15, -0.1) is 11.3 Å². The zero-order valence-corrected chi connectivity index (χ0v) is 14.4. The van der Waals surface area contributed by atoms with E-state index >= 15 is 0 Å². The van der Waals surface area contributed by atoms with Crippen LogP contribution in [0.5, 0.6) is 0 Å². The molecule has 2 aromatic heterocycles. The Labute approximate surface area is 144 Å². The van der Waals surface area contributed by atoms with E-state index in [0.717, 1.165) is 0 Å². The Hall–Kier alpha value is -2.32. The normalized spacial score (nSPS) is 12.2. The lowest BCUT2D eigenvalue weighted by atomic mass is 10.2. The van der Waals surface area contributed by atoms with Crippen molar-refractivity contribution in [2.75, 3.05) is 5.75 Å². The highest BCUT2D eigenvalue weighted by Gasteiger charge is 2.16. The molecule has 1 atom stereocenters. The van der Waals surface area contributed by atoms with E-state index in [-0.39, 0.29) is 17.7 Å². The van der Waals surface area contributed by atoms with Crippen molar-refractivity contribution >= 4 is 33.1 Å². The molecule has 0 amide bonds. The van der Waals surface area contributed by atoms with Crippen molar-refractivity contribution in [1.29, 1.82) is 0 Å². The molecule has 1 aromatic carbocycles. The molecule has 0 N–H and O–H groups in total. The number of hydrogen-bond acceptors (Lipinski definition) is 6. The summed E-state index contributed by atoms with van der Waals surface area (Å²) in [6.45, 7) is 1.67. The third-order valence-corrected chi connectivity index (χ3v) is 5.45. The quantitative estimate of drug-likeness (QED) is 0.651. The molecule has 124 valence electrons. The third kappa shape index (κ3) is 3.29. The van der Waals surface area contributed by atoms with E-state index in [2.05, 4.69) is 4.98 Å². The van der Waals surface area contributed by atoms with Gasteiger partial charge in [0.1, 0.15) is 6.61 Å². The van der Waals surface area contributed by atoms with E-state index in [4.69, 9.17) is 4.74 Å². The van der Waals surface area contributed by atoms with Crippen LogP contribution < -0.4 is 5.56 Å². The summed E-state index contributed by atoms with van der Waals surface area (Å²) in [6, 6.07) is 7.99. The molecule has 0 radical (unpaired) electrons. The van der Waals surface area contributed by atoms with E-state index in [1.807, 2.05) is 0 Å². The maximum Gasteiger partial charge on any atom is 0.339 e. The number of thiazole rings is 1. The van der Waals surface area contributed by atoms with Crippen molar-refractivity contribution in [3.63, 3.8) is 0 Å². The van der Waals surface area contributed by atoms with Crippen molar-refractivity contribution in [3.8, 4) is 0 Å². The SMILES string of the molecule is CC[S@](=O)c1ccccc1C(=O)OCc1cc(=O)n2ccsc2n1. The molecule has 0 fully saturated rings. The second-order valence-corrected chi connectivity index (χ2v) is 7.43. The maximum absolute atomic E-state index is 12.3. The summed E-state index contributed by atoms with van der Waals surface area (Å²) in [6.07, 6.45) is 1.64. The number of carbonyl (C=O) groups excluding carboxylic acids is 1. The summed E-state index contributed by atoms with van der Waals surface area (Å²) < 4.78 is 18.7. The first kappa shape index (κ1) is 16.5. The summed E-state index contributed by atoms with van der Waals surface area (Å²) in [5.74, 6) is -0.168. The smallest absolute Gasteiger partial charge is 0.339 e. The molecule has 8 heteroatoms. The first-order chi connectivity index (χ1) is 11.6. The van der Waals surface area contributed by atoms with Gasteiger partial charge in [-0.2, -0.15) is 0 Å². The Kier molecular flexibility index (Phi) is 4.86. The van der Waals surface area contributed by atoms with Crippen molar-refractivity contribution in [2.45, 2.75) is 18.4 Å². The molecule has 3 rings (SSSR count). The molecule has 0 saturated heterocycles. The fourth-order valence-electron chi connectivity index (χ4n) is 2.17. The van der Waals surface area contributed by atoms with Gasteiger partial charge in [0.25, 0.3) is 5.56 Å². The predicted octanol–water partition coefficient (Wildman–Crippen LogP) is 2.24. The number of aromatic nitrogens is 2. The lowest BCUT2D eigenvalue weighted by molar-refractivity contribution is 0.0463. The minimum Gasteiger partial charge on any atom is -0.456 e. The Bertz CT molecular complexity index is 977. The molecule has 0 unspecified atom stereocenters. The standard InChI is InChI=1S/C16H14N2O4S2/c1-2-24(21)13-6-4-3-5-12(13)15(20)22-10-11-9-14(19)18-7-8-23-16(18)17-11/h3-9H,2,10H2,1H3/t24-/m0/s1. The van der Waals surface area contributed by atoms with Gasteiger partial charge in [0.05, 0.1) is 27.0 Å². The number of esters is 1. The number of nitrogens with zero attached hydrogens (tertiary/aromatic N) is 2. The van der Waals surface area contributed by atoms with Crippen molar-refractivity contribution in [1.82, 2.24) is 9.38 Å². The Morgan fingerprint density at radius 3 is 2.96 bits per heavy atom. The van der Waals surface area contributed by atoms with Crippen LogP contribution in [0.1, 0.15) is 23.0 Å². The number of rotatable bonds is 5. The van der Waals surface area contributed by atoms with Gasteiger partial charge < -0.3 is 4.74 Å². The molecule has 0 saturated carbocycles. The highest BCUT2D eigenvalue weighted by atomic mass is 32.2. The van der Waals surface area contributed by atoms with Crippen LogP contribution in [-0.2, 0) is 22.1 Å². The zero-order chi connectivity index (χ0) is 17.1. The average Bonchev–Trinajstić information content (AvgIpc) is 3.08. The molecule has 3 aromatic rings. The van der Waals surface area contributed by atoms with Gasteiger partial charge in [0, 0.05) is 23.4 Å². The zero-order valence-electron chi connectivity index (χ0n) is 12.8. The summed E-state index contributed by atoms with van der Waals surface area (Å²) in [5, 5.41) is 1.76. The first-order valence-electron chi connectivity index (χ1n) is 7.20. The van der Waals surface area contributed by atoms with Crippen LogP contribution >= 0.6 is 11.3 Å². The summed E-state index contributed by atoms with van der Waals surface area (Å²) in [7, 11) is -1.26. The minimum atomic E-state index is -1.26. The van der Waals surface area contributed by atoms with E-state index in [1.165, 1.54) is 21.8 Å². The highest BCUT2D eigenvalue weighted by molar-refractivity contribution is 7.85. The number of fused-ring (bicyclic) bond motifs is 1. The molecule has 6 nitrogen and oxygen atoms in total. The van der Waals surface area contributed by atoms with Crippen LogP contribution in [0.3, 0.4) is 0 Å². The van der Waals surface area contributed by atoms with Gasteiger partial charge in [-0.25, -0.2) is 9.78 Å². The molecule has 0 bridgehead atoms. The van der Waals surface area contributed by atoms with Crippen LogP contribution in [0.15, 0.2) is 51.6 Å². The molecule has 24 heavy (non-hydrogen) atoms. The second kappa shape index (κ2) is 7.06. The highest BCUT2D eigenvalue weighted by Crippen LogP contribution is 2.16. The minimum absolute atomic E-state index is 0.116. The van der Waals surface area contributed by atoms with Crippen LogP contribution in [-0.4, -0.2) is 25.3 Å². The van der Waals surface area contributed by atoms with Crippen molar-refractivity contribution in [2.24, 2.45) is 0 Å². The van der Waals surface area contributed by atoms with Crippen molar-refractivity contribution < 1.29 is 13.7 Å². The number of carbonyl (C=O) groups is 1. The largest absolute Gasteiger partial charge is 0.456 e. The average molecular weight is 362 g/mol. The van der Waals surface area contributed by atoms with E-state index in [0.29, 0.717) is 21.3 Å².